The molecule has 0 saturated heterocycles. The number of nitrogens with zero attached hydrogens (tertiary/aromatic N) is 1. The Morgan fingerprint density at radius 3 is 2.74 bits per heavy atom. The molecule has 3 aromatic rings. The van der Waals surface area contributed by atoms with Gasteiger partial charge in [0.1, 0.15) is 0 Å². The van der Waals surface area contributed by atoms with E-state index in [-0.39, 0.29) is 5.91 Å². The van der Waals surface area contributed by atoms with E-state index in [0.717, 1.165) is 12.1 Å². The second-order valence-electron chi connectivity index (χ2n) is 5.21. The van der Waals surface area contributed by atoms with Crippen LogP contribution >= 0.6 is 11.6 Å². The quantitative estimate of drug-likeness (QED) is 0.704. The largest absolute Gasteiger partial charge is 0.351 e. The van der Waals surface area contributed by atoms with Gasteiger partial charge in [-0.15, -0.1) is 0 Å². The predicted octanol–water partition coefficient (Wildman–Crippen LogP) is 4.12. The Bertz CT molecular complexity index is 851. The minimum atomic E-state index is -0.124. The van der Waals surface area contributed by atoms with E-state index >= 15 is 0 Å². The molecule has 0 atom stereocenters. The summed E-state index contributed by atoms with van der Waals surface area (Å²) in [5.74, 6) is -0.124. The van der Waals surface area contributed by atoms with Gasteiger partial charge in [0.25, 0.3) is 0 Å². The molecule has 0 saturated carbocycles. The summed E-state index contributed by atoms with van der Waals surface area (Å²) in [5, 5.41) is 4.73. The number of rotatable bonds is 5. The maximum Gasteiger partial charge on any atom is 0.244 e. The Labute approximate surface area is 140 Å². The van der Waals surface area contributed by atoms with Crippen LogP contribution in [0.2, 0.25) is 5.02 Å². The lowest BCUT2D eigenvalue weighted by Gasteiger charge is -2.06. The van der Waals surface area contributed by atoms with Crippen LogP contribution < -0.4 is 5.32 Å². The molecule has 23 heavy (non-hydrogen) atoms. The third kappa shape index (κ3) is 3.82. The van der Waals surface area contributed by atoms with Crippen molar-refractivity contribution < 1.29 is 4.79 Å². The van der Waals surface area contributed by atoms with Crippen LogP contribution in [0.3, 0.4) is 0 Å². The molecule has 0 aliphatic rings. The number of benzene rings is 2. The van der Waals surface area contributed by atoms with Crippen LogP contribution in [0.15, 0.2) is 66.9 Å². The fourth-order valence-electron chi connectivity index (χ4n) is 2.47. The van der Waals surface area contributed by atoms with Crippen LogP contribution in [-0.4, -0.2) is 17.0 Å². The highest BCUT2D eigenvalue weighted by Crippen LogP contribution is 2.16. The fraction of sp³-hybridized carbons (Fsp3) is 0.105. The lowest BCUT2D eigenvalue weighted by Crippen LogP contribution is -2.25. The van der Waals surface area contributed by atoms with Gasteiger partial charge in [-0.25, -0.2) is 0 Å². The Balaban J connectivity index is 1.54. The smallest absolute Gasteiger partial charge is 0.244 e. The van der Waals surface area contributed by atoms with Crippen molar-refractivity contribution in [2.75, 3.05) is 6.54 Å². The number of nitrogens with one attached hydrogen (secondary N) is 1. The Morgan fingerprint density at radius 1 is 1.09 bits per heavy atom. The van der Waals surface area contributed by atoms with Gasteiger partial charge in [0.15, 0.2) is 0 Å². The molecule has 0 spiro atoms. The highest BCUT2D eigenvalue weighted by atomic mass is 35.5. The molecular formula is C19H17ClN2O. The second kappa shape index (κ2) is 7.16. The summed E-state index contributed by atoms with van der Waals surface area (Å²) in [5.41, 5.74) is 2.01. The third-order valence-corrected chi connectivity index (χ3v) is 4.00. The van der Waals surface area contributed by atoms with Crippen molar-refractivity contribution in [1.29, 1.82) is 0 Å². The molecule has 0 aliphatic heterocycles. The maximum absolute atomic E-state index is 11.9. The lowest BCUT2D eigenvalue weighted by atomic mass is 10.2. The van der Waals surface area contributed by atoms with Crippen LogP contribution in [0.4, 0.5) is 0 Å². The van der Waals surface area contributed by atoms with Crippen molar-refractivity contribution >= 4 is 34.5 Å². The van der Waals surface area contributed by atoms with Gasteiger partial charge >= 0.3 is 0 Å². The monoisotopic (exact) mass is 324 g/mol. The molecule has 1 N–H and O–H groups in total. The summed E-state index contributed by atoms with van der Waals surface area (Å²) in [4.78, 5) is 11.9. The number of amides is 1. The van der Waals surface area contributed by atoms with Crippen LogP contribution in [0, 0.1) is 0 Å². The van der Waals surface area contributed by atoms with Crippen LogP contribution in [0.1, 0.15) is 5.56 Å². The number of aromatic nitrogens is 1. The number of para-hydroxylation sites is 1. The summed E-state index contributed by atoms with van der Waals surface area (Å²) in [6.07, 6.45) is 5.27. The van der Waals surface area contributed by atoms with E-state index in [9.17, 15) is 4.79 Å². The van der Waals surface area contributed by atoms with Crippen molar-refractivity contribution in [2.45, 2.75) is 6.54 Å². The van der Waals surface area contributed by atoms with Gasteiger partial charge < -0.3 is 9.88 Å². The predicted molar refractivity (Wildman–Crippen MR) is 95.4 cm³/mol. The van der Waals surface area contributed by atoms with Crippen molar-refractivity contribution in [3.63, 3.8) is 0 Å². The zero-order valence-corrected chi connectivity index (χ0v) is 13.3. The Hall–Kier alpha value is -2.52. The lowest BCUT2D eigenvalue weighted by molar-refractivity contribution is -0.116. The standard InChI is InChI=1S/C19H17ClN2O/c20-17-7-3-1-5-15(17)9-10-19(23)21-12-14-22-13-11-16-6-2-4-8-18(16)22/h1-11,13H,12,14H2,(H,21,23)/b10-9+. The zero-order chi connectivity index (χ0) is 16.1. The van der Waals surface area contributed by atoms with Gasteiger partial charge in [-0.05, 0) is 35.2 Å². The number of carbonyl (C=O) groups excluding carboxylic acids is 1. The van der Waals surface area contributed by atoms with Gasteiger partial charge in [0.2, 0.25) is 5.91 Å². The highest BCUT2D eigenvalue weighted by Gasteiger charge is 2.01. The van der Waals surface area contributed by atoms with Crippen molar-refractivity contribution in [1.82, 2.24) is 9.88 Å². The average molecular weight is 325 g/mol. The molecule has 1 aromatic heterocycles. The summed E-state index contributed by atoms with van der Waals surface area (Å²) < 4.78 is 2.13. The van der Waals surface area contributed by atoms with E-state index in [4.69, 9.17) is 11.6 Å². The number of hydrogen-bond acceptors (Lipinski definition) is 1. The minimum Gasteiger partial charge on any atom is -0.351 e. The topological polar surface area (TPSA) is 34.0 Å². The van der Waals surface area contributed by atoms with Crippen LogP contribution in [0.5, 0.6) is 0 Å². The third-order valence-electron chi connectivity index (χ3n) is 3.65. The summed E-state index contributed by atoms with van der Waals surface area (Å²) in [6, 6.07) is 17.7. The van der Waals surface area contributed by atoms with Gasteiger partial charge in [0, 0.05) is 35.9 Å². The van der Waals surface area contributed by atoms with Gasteiger partial charge in [-0.1, -0.05) is 48.0 Å². The van der Waals surface area contributed by atoms with Gasteiger partial charge in [-0.2, -0.15) is 0 Å². The number of halogens is 1. The molecule has 3 rings (SSSR count). The molecule has 3 nitrogen and oxygen atoms in total. The molecular weight excluding hydrogens is 308 g/mol. The Morgan fingerprint density at radius 2 is 1.87 bits per heavy atom. The van der Waals surface area contributed by atoms with E-state index in [1.807, 2.05) is 36.5 Å². The first-order valence-corrected chi connectivity index (χ1v) is 7.86. The molecule has 2 aromatic carbocycles. The first kappa shape index (κ1) is 15.4. The van der Waals surface area contributed by atoms with E-state index in [1.165, 1.54) is 17.0 Å². The summed E-state index contributed by atoms with van der Waals surface area (Å²) in [6.45, 7) is 1.31. The van der Waals surface area contributed by atoms with E-state index in [2.05, 4.69) is 28.1 Å². The minimum absolute atomic E-state index is 0.124. The maximum atomic E-state index is 11.9. The van der Waals surface area contributed by atoms with Crippen molar-refractivity contribution in [2.24, 2.45) is 0 Å². The Kier molecular flexibility index (Phi) is 4.79. The molecule has 0 unspecified atom stereocenters. The average Bonchev–Trinajstić information content (AvgIpc) is 2.98. The molecule has 4 heteroatoms. The summed E-state index contributed by atoms with van der Waals surface area (Å²) in [7, 11) is 0. The first-order chi connectivity index (χ1) is 11.2. The zero-order valence-electron chi connectivity index (χ0n) is 12.6. The van der Waals surface area contributed by atoms with Crippen molar-refractivity contribution in [3.05, 3.63) is 77.5 Å². The highest BCUT2D eigenvalue weighted by molar-refractivity contribution is 6.32. The van der Waals surface area contributed by atoms with Gasteiger partial charge in [0.05, 0.1) is 0 Å². The van der Waals surface area contributed by atoms with Gasteiger partial charge in [-0.3, -0.25) is 4.79 Å². The van der Waals surface area contributed by atoms with Crippen LogP contribution in [0.25, 0.3) is 17.0 Å². The molecule has 1 heterocycles. The number of fused-ring (bicyclic) bond motifs is 1. The number of hydrogen-bond donors (Lipinski definition) is 1. The molecule has 0 fully saturated rings. The van der Waals surface area contributed by atoms with Crippen LogP contribution in [-0.2, 0) is 11.3 Å². The molecule has 0 aliphatic carbocycles. The first-order valence-electron chi connectivity index (χ1n) is 7.48. The normalized spacial score (nSPS) is 11.2. The molecule has 0 radical (unpaired) electrons. The molecule has 0 bridgehead atoms. The van der Waals surface area contributed by atoms with E-state index in [1.54, 1.807) is 12.1 Å². The van der Waals surface area contributed by atoms with E-state index in [0.29, 0.717) is 11.6 Å². The van der Waals surface area contributed by atoms with Crippen molar-refractivity contribution in [3.8, 4) is 0 Å². The molecule has 116 valence electrons. The molecule has 1 amide bonds. The fourth-order valence-corrected chi connectivity index (χ4v) is 2.67. The van der Waals surface area contributed by atoms with E-state index < -0.39 is 0 Å². The second-order valence-corrected chi connectivity index (χ2v) is 5.62. The SMILES string of the molecule is O=C(/C=C/c1ccccc1Cl)NCCn1ccc2ccccc21. The summed E-state index contributed by atoms with van der Waals surface area (Å²) >= 11 is 6.05. The number of carbonyl (C=O) groups is 1.